The van der Waals surface area contributed by atoms with Crippen LogP contribution in [0, 0.1) is 0 Å². The molecule has 0 unspecified atom stereocenters. The molecule has 0 spiro atoms. The summed E-state index contributed by atoms with van der Waals surface area (Å²) in [6, 6.07) is 11.0. The number of aromatic nitrogens is 3. The van der Waals surface area contributed by atoms with Crippen LogP contribution in [0.2, 0.25) is 0 Å². The van der Waals surface area contributed by atoms with Crippen LogP contribution in [0.3, 0.4) is 0 Å². The second-order valence-corrected chi connectivity index (χ2v) is 6.92. The predicted molar refractivity (Wildman–Crippen MR) is 85.9 cm³/mol. The highest BCUT2D eigenvalue weighted by Gasteiger charge is 2.36. The summed E-state index contributed by atoms with van der Waals surface area (Å²) in [4.78, 5) is 0. The van der Waals surface area contributed by atoms with E-state index in [1.165, 1.54) is 37.2 Å². The average Bonchev–Trinajstić information content (AvgIpc) is 3.43. The molecule has 0 amide bonds. The molecule has 2 aliphatic rings. The van der Waals surface area contributed by atoms with Gasteiger partial charge in [0.1, 0.15) is 5.82 Å². The lowest BCUT2D eigenvalue weighted by Crippen LogP contribution is -2.06. The number of thioether (sulfide) groups is 1. The van der Waals surface area contributed by atoms with Gasteiger partial charge in [-0.2, -0.15) is 0 Å². The Kier molecular flexibility index (Phi) is 3.59. The molecule has 1 N–H and O–H groups in total. The zero-order valence-electron chi connectivity index (χ0n) is 12.0. The molecule has 110 valence electrons. The minimum atomic E-state index is 0.681. The molecule has 2 aliphatic carbocycles. The summed E-state index contributed by atoms with van der Waals surface area (Å²) in [6.07, 6.45) is 5.19. The third-order valence-corrected chi connectivity index (χ3v) is 4.93. The van der Waals surface area contributed by atoms with Gasteiger partial charge in [-0.05, 0) is 37.8 Å². The highest BCUT2D eigenvalue weighted by Crippen LogP contribution is 2.45. The van der Waals surface area contributed by atoms with Gasteiger partial charge in [-0.15, -0.1) is 10.2 Å². The van der Waals surface area contributed by atoms with E-state index >= 15 is 0 Å². The molecule has 0 atom stereocenters. The zero-order chi connectivity index (χ0) is 14.1. The monoisotopic (exact) mass is 300 g/mol. The van der Waals surface area contributed by atoms with Crippen LogP contribution < -0.4 is 5.32 Å². The van der Waals surface area contributed by atoms with Crippen LogP contribution in [-0.2, 0) is 0 Å². The molecule has 2 saturated carbocycles. The summed E-state index contributed by atoms with van der Waals surface area (Å²) in [5.74, 6) is 2.95. The van der Waals surface area contributed by atoms with E-state index in [4.69, 9.17) is 0 Å². The topological polar surface area (TPSA) is 42.7 Å². The maximum Gasteiger partial charge on any atom is 0.191 e. The molecular formula is C16H20N4S. The molecule has 1 aromatic heterocycles. The molecule has 5 heteroatoms. The van der Waals surface area contributed by atoms with Crippen molar-refractivity contribution < 1.29 is 0 Å². The van der Waals surface area contributed by atoms with Crippen LogP contribution >= 0.6 is 11.8 Å². The number of benzene rings is 1. The molecular weight excluding hydrogens is 280 g/mol. The fraction of sp³-hybridized carbons (Fsp3) is 0.500. The normalized spacial score (nSPS) is 17.9. The van der Waals surface area contributed by atoms with Gasteiger partial charge in [0, 0.05) is 29.9 Å². The van der Waals surface area contributed by atoms with Crippen molar-refractivity contribution in [1.29, 1.82) is 0 Å². The minimum Gasteiger partial charge on any atom is -0.384 e. The maximum atomic E-state index is 4.45. The second-order valence-electron chi connectivity index (χ2n) is 5.86. The molecule has 0 radical (unpaired) electrons. The van der Waals surface area contributed by atoms with Gasteiger partial charge in [0.2, 0.25) is 0 Å². The Morgan fingerprint density at radius 3 is 2.62 bits per heavy atom. The average molecular weight is 300 g/mol. The third kappa shape index (κ3) is 3.07. The highest BCUT2D eigenvalue weighted by atomic mass is 32.2. The van der Waals surface area contributed by atoms with E-state index in [1.807, 2.05) is 17.8 Å². The molecule has 0 bridgehead atoms. The lowest BCUT2D eigenvalue weighted by molar-refractivity contribution is 0.627. The standard InChI is InChI=1S/C16H20N4S/c1-2-4-13(5-3-1)17-10-11-21-16-19-18-15(12-6-7-12)20(16)14-8-9-14/h1-5,12,14,17H,6-11H2. The Balaban J connectivity index is 1.34. The number of anilines is 1. The second kappa shape index (κ2) is 5.72. The van der Waals surface area contributed by atoms with Crippen molar-refractivity contribution in [2.75, 3.05) is 17.6 Å². The Hall–Kier alpha value is -1.49. The molecule has 1 aromatic carbocycles. The van der Waals surface area contributed by atoms with Gasteiger partial charge in [-0.3, -0.25) is 0 Å². The summed E-state index contributed by atoms with van der Waals surface area (Å²) < 4.78 is 2.42. The summed E-state index contributed by atoms with van der Waals surface area (Å²) in [5.41, 5.74) is 1.18. The molecule has 0 saturated heterocycles. The van der Waals surface area contributed by atoms with Gasteiger partial charge in [0.15, 0.2) is 5.16 Å². The largest absolute Gasteiger partial charge is 0.384 e. The number of rotatable bonds is 7. The van der Waals surface area contributed by atoms with Crippen LogP contribution in [0.5, 0.6) is 0 Å². The van der Waals surface area contributed by atoms with Crippen molar-refractivity contribution in [3.8, 4) is 0 Å². The summed E-state index contributed by atoms with van der Waals surface area (Å²) >= 11 is 1.83. The fourth-order valence-corrected chi connectivity index (χ4v) is 3.44. The van der Waals surface area contributed by atoms with Crippen molar-refractivity contribution in [3.05, 3.63) is 36.2 Å². The quantitative estimate of drug-likeness (QED) is 0.625. The molecule has 2 fully saturated rings. The SMILES string of the molecule is c1ccc(NCCSc2nnc(C3CC3)n2C2CC2)cc1. The predicted octanol–water partition coefficient (Wildman–Crippen LogP) is 3.69. The molecule has 2 aromatic rings. The van der Waals surface area contributed by atoms with Crippen molar-refractivity contribution >= 4 is 17.4 Å². The molecule has 4 rings (SSSR count). The Morgan fingerprint density at radius 2 is 1.90 bits per heavy atom. The van der Waals surface area contributed by atoms with E-state index < -0.39 is 0 Å². The first-order chi connectivity index (χ1) is 10.4. The third-order valence-electron chi connectivity index (χ3n) is 3.98. The van der Waals surface area contributed by atoms with Gasteiger partial charge < -0.3 is 9.88 Å². The first-order valence-corrected chi connectivity index (χ1v) is 8.77. The van der Waals surface area contributed by atoms with Gasteiger partial charge in [0.25, 0.3) is 0 Å². The molecule has 1 heterocycles. The van der Waals surface area contributed by atoms with E-state index in [0.29, 0.717) is 12.0 Å². The zero-order valence-corrected chi connectivity index (χ0v) is 12.9. The minimum absolute atomic E-state index is 0.681. The van der Waals surface area contributed by atoms with E-state index in [1.54, 1.807) is 0 Å². The van der Waals surface area contributed by atoms with Crippen molar-refractivity contribution in [2.24, 2.45) is 0 Å². The molecule has 21 heavy (non-hydrogen) atoms. The van der Waals surface area contributed by atoms with Crippen LogP contribution in [0.25, 0.3) is 0 Å². The Labute approximate surface area is 129 Å². The molecule has 0 aliphatic heterocycles. The van der Waals surface area contributed by atoms with Gasteiger partial charge in [-0.1, -0.05) is 30.0 Å². The van der Waals surface area contributed by atoms with Gasteiger partial charge in [0.05, 0.1) is 0 Å². The van der Waals surface area contributed by atoms with Gasteiger partial charge in [-0.25, -0.2) is 0 Å². The molecule has 4 nitrogen and oxygen atoms in total. The first kappa shape index (κ1) is 13.2. The number of hydrogen-bond acceptors (Lipinski definition) is 4. The number of nitrogens with one attached hydrogen (secondary N) is 1. The number of para-hydroxylation sites is 1. The van der Waals surface area contributed by atoms with Crippen LogP contribution in [0.1, 0.15) is 43.5 Å². The Morgan fingerprint density at radius 1 is 1.10 bits per heavy atom. The first-order valence-electron chi connectivity index (χ1n) is 7.78. The summed E-state index contributed by atoms with van der Waals surface area (Å²) in [5, 5.41) is 13.4. The van der Waals surface area contributed by atoms with E-state index in [9.17, 15) is 0 Å². The van der Waals surface area contributed by atoms with Crippen LogP contribution in [0.4, 0.5) is 5.69 Å². The van der Waals surface area contributed by atoms with Crippen LogP contribution in [0.15, 0.2) is 35.5 Å². The maximum absolute atomic E-state index is 4.45. The van der Waals surface area contributed by atoms with E-state index in [0.717, 1.165) is 17.5 Å². The van der Waals surface area contributed by atoms with E-state index in [2.05, 4.69) is 44.3 Å². The number of nitrogens with zero attached hydrogens (tertiary/aromatic N) is 3. The fourth-order valence-electron chi connectivity index (χ4n) is 2.58. The smallest absolute Gasteiger partial charge is 0.191 e. The highest BCUT2D eigenvalue weighted by molar-refractivity contribution is 7.99. The van der Waals surface area contributed by atoms with Crippen molar-refractivity contribution in [1.82, 2.24) is 14.8 Å². The lowest BCUT2D eigenvalue weighted by atomic mass is 10.3. The summed E-state index contributed by atoms with van der Waals surface area (Å²) in [6.45, 7) is 0.949. The van der Waals surface area contributed by atoms with Crippen LogP contribution in [-0.4, -0.2) is 27.1 Å². The Bertz CT molecular complexity index is 602. The van der Waals surface area contributed by atoms with Crippen molar-refractivity contribution in [3.63, 3.8) is 0 Å². The lowest BCUT2D eigenvalue weighted by Gasteiger charge is -2.09. The summed E-state index contributed by atoms with van der Waals surface area (Å²) in [7, 11) is 0. The van der Waals surface area contributed by atoms with E-state index in [-0.39, 0.29) is 0 Å². The van der Waals surface area contributed by atoms with Crippen molar-refractivity contribution in [2.45, 2.75) is 42.8 Å². The van der Waals surface area contributed by atoms with Gasteiger partial charge >= 0.3 is 0 Å². The number of hydrogen-bond donors (Lipinski definition) is 1.